The molecule has 4 atom stereocenters. The lowest BCUT2D eigenvalue weighted by molar-refractivity contribution is 0.0421. The van der Waals surface area contributed by atoms with Gasteiger partial charge in [0, 0.05) is 33.8 Å². The molecule has 0 bridgehead atoms. The smallest absolute Gasteiger partial charge is 0.168 e. The van der Waals surface area contributed by atoms with Gasteiger partial charge in [-0.25, -0.2) is 4.39 Å². The minimum Gasteiger partial charge on any atom is -0.485 e. The minimum absolute atomic E-state index is 0.0507. The molecular formula is C21H24FNO3S. The van der Waals surface area contributed by atoms with Crippen molar-refractivity contribution in [3.05, 3.63) is 51.5 Å². The second-order valence-electron chi connectivity index (χ2n) is 7.46. The quantitative estimate of drug-likeness (QED) is 0.822. The fourth-order valence-corrected chi connectivity index (χ4v) is 5.16. The number of benzene rings is 1. The third-order valence-electron chi connectivity index (χ3n) is 5.59. The van der Waals surface area contributed by atoms with Crippen molar-refractivity contribution in [1.29, 1.82) is 0 Å². The molecule has 0 spiro atoms. The molecule has 0 amide bonds. The van der Waals surface area contributed by atoms with E-state index in [2.05, 4.69) is 5.32 Å². The van der Waals surface area contributed by atoms with Gasteiger partial charge in [0.25, 0.3) is 0 Å². The molecule has 1 aromatic carbocycles. The molecular weight excluding hydrogens is 365 g/mol. The number of hydrogen-bond acceptors (Lipinski definition) is 5. The Kier molecular flexibility index (Phi) is 5.30. The third kappa shape index (κ3) is 3.79. The molecule has 4 unspecified atom stereocenters. The fourth-order valence-electron chi connectivity index (χ4n) is 4.10. The summed E-state index contributed by atoms with van der Waals surface area (Å²) in [7, 11) is 0. The van der Waals surface area contributed by atoms with Crippen molar-refractivity contribution in [2.24, 2.45) is 5.92 Å². The summed E-state index contributed by atoms with van der Waals surface area (Å²) in [5.74, 6) is -0.0919. The number of ether oxygens (including phenoxy) is 1. The number of para-hydroxylation sites is 1. The van der Waals surface area contributed by atoms with Crippen LogP contribution in [0.2, 0.25) is 0 Å². The van der Waals surface area contributed by atoms with Gasteiger partial charge in [-0.15, -0.1) is 11.3 Å². The lowest BCUT2D eigenvalue weighted by Crippen LogP contribution is -2.44. The summed E-state index contributed by atoms with van der Waals surface area (Å²) in [4.78, 5) is 15.1. The molecule has 0 aliphatic heterocycles. The minimum atomic E-state index is -0.720. The van der Waals surface area contributed by atoms with Crippen molar-refractivity contribution < 1.29 is 19.0 Å². The van der Waals surface area contributed by atoms with Crippen LogP contribution in [0.15, 0.2) is 30.3 Å². The lowest BCUT2D eigenvalue weighted by atomic mass is 9.87. The van der Waals surface area contributed by atoms with Crippen molar-refractivity contribution in [3.8, 4) is 5.75 Å². The molecule has 2 aromatic rings. The first kappa shape index (κ1) is 18.6. The van der Waals surface area contributed by atoms with Crippen LogP contribution in [-0.4, -0.2) is 35.7 Å². The van der Waals surface area contributed by atoms with E-state index in [1.54, 1.807) is 29.5 Å². The highest BCUT2D eigenvalue weighted by molar-refractivity contribution is 7.12. The maximum Gasteiger partial charge on any atom is 0.168 e. The molecule has 2 N–H and O–H groups in total. The van der Waals surface area contributed by atoms with Gasteiger partial charge in [-0.3, -0.25) is 4.79 Å². The first-order chi connectivity index (χ1) is 13.0. The Hall–Kier alpha value is -1.76. The number of aryl methyl sites for hydroxylation is 2. The molecule has 4 rings (SSSR count). The largest absolute Gasteiger partial charge is 0.485 e. The number of aliphatic hydroxyl groups excluding tert-OH is 1. The number of aliphatic hydroxyl groups is 1. The molecule has 6 heteroatoms. The van der Waals surface area contributed by atoms with E-state index in [0.717, 1.165) is 24.8 Å². The number of halogens is 1. The Morgan fingerprint density at radius 2 is 2.11 bits per heavy atom. The highest BCUT2D eigenvalue weighted by Crippen LogP contribution is 2.32. The third-order valence-corrected chi connectivity index (χ3v) is 6.70. The molecule has 1 saturated carbocycles. The van der Waals surface area contributed by atoms with E-state index < -0.39 is 18.0 Å². The van der Waals surface area contributed by atoms with Crippen molar-refractivity contribution in [3.63, 3.8) is 0 Å². The Balaban J connectivity index is 1.33. The van der Waals surface area contributed by atoms with Gasteiger partial charge in [-0.1, -0.05) is 12.1 Å². The predicted octanol–water partition coefficient (Wildman–Crippen LogP) is 3.50. The summed E-state index contributed by atoms with van der Waals surface area (Å²) in [5, 5.41) is 13.9. The van der Waals surface area contributed by atoms with E-state index in [9.17, 15) is 14.3 Å². The first-order valence-electron chi connectivity index (χ1n) is 9.49. The molecule has 2 aliphatic rings. The molecule has 1 aromatic heterocycles. The average Bonchev–Trinajstić information content (AvgIpc) is 3.20. The number of Topliss-reactive ketones (excluding diaryl/α,β-unsaturated/α-hetero) is 1. The van der Waals surface area contributed by atoms with Crippen molar-refractivity contribution in [2.75, 3.05) is 6.54 Å². The Bertz CT molecular complexity index is 837. The normalized spacial score (nSPS) is 27.6. The van der Waals surface area contributed by atoms with Crippen molar-refractivity contribution >= 4 is 17.1 Å². The van der Waals surface area contributed by atoms with Crippen LogP contribution >= 0.6 is 11.3 Å². The summed E-state index contributed by atoms with van der Waals surface area (Å²) in [6.45, 7) is 2.59. The van der Waals surface area contributed by atoms with E-state index >= 15 is 0 Å². The second-order valence-corrected chi connectivity index (χ2v) is 8.80. The average molecular weight is 389 g/mol. The predicted molar refractivity (Wildman–Crippen MR) is 103 cm³/mol. The molecule has 1 fully saturated rings. The van der Waals surface area contributed by atoms with Crippen LogP contribution in [0.25, 0.3) is 0 Å². The number of nitrogens with one attached hydrogen (secondary N) is 1. The van der Waals surface area contributed by atoms with Crippen LogP contribution in [0.4, 0.5) is 4.39 Å². The SMILES string of the molecule is Cc1cc2c(s1)CCC(CNC1CCC(Oc3ccccc3F)C1O)C2=O. The molecule has 1 heterocycles. The van der Waals surface area contributed by atoms with Gasteiger partial charge in [0.15, 0.2) is 17.3 Å². The number of rotatable bonds is 5. The van der Waals surface area contributed by atoms with Gasteiger partial charge in [-0.2, -0.15) is 0 Å². The fraction of sp³-hybridized carbons (Fsp3) is 0.476. The van der Waals surface area contributed by atoms with Crippen LogP contribution in [0.3, 0.4) is 0 Å². The van der Waals surface area contributed by atoms with E-state index in [1.165, 1.54) is 15.8 Å². The van der Waals surface area contributed by atoms with Crippen LogP contribution in [-0.2, 0) is 6.42 Å². The number of fused-ring (bicyclic) bond motifs is 1. The summed E-state index contributed by atoms with van der Waals surface area (Å²) < 4.78 is 19.4. The first-order valence-corrected chi connectivity index (χ1v) is 10.3. The lowest BCUT2D eigenvalue weighted by Gasteiger charge is -2.25. The highest BCUT2D eigenvalue weighted by atomic mass is 32.1. The molecule has 0 radical (unpaired) electrons. The van der Waals surface area contributed by atoms with Gasteiger partial charge < -0.3 is 15.2 Å². The number of ketones is 1. The summed E-state index contributed by atoms with van der Waals surface area (Å²) in [6.07, 6.45) is 2.02. The van der Waals surface area contributed by atoms with Gasteiger partial charge in [0.1, 0.15) is 12.2 Å². The molecule has 0 saturated heterocycles. The standard InChI is InChI=1S/C21H24FNO3S/c1-12-10-14-19(27-12)9-6-13(20(14)24)11-23-16-7-8-18(21(16)25)26-17-5-3-2-4-15(17)22/h2-5,10,13,16,18,21,23,25H,6-9,11H2,1H3. The molecule has 2 aliphatic carbocycles. The molecule has 144 valence electrons. The van der Waals surface area contributed by atoms with Crippen LogP contribution < -0.4 is 10.1 Å². The number of carbonyl (C=O) groups excluding carboxylic acids is 1. The zero-order chi connectivity index (χ0) is 19.0. The molecule has 27 heavy (non-hydrogen) atoms. The van der Waals surface area contributed by atoms with Gasteiger partial charge in [0.05, 0.1) is 0 Å². The zero-order valence-corrected chi connectivity index (χ0v) is 16.1. The Morgan fingerprint density at radius 3 is 2.93 bits per heavy atom. The van der Waals surface area contributed by atoms with Gasteiger partial charge in [-0.05, 0) is 50.8 Å². The second kappa shape index (κ2) is 7.70. The van der Waals surface area contributed by atoms with Crippen LogP contribution in [0, 0.1) is 18.7 Å². The number of carbonyl (C=O) groups is 1. The summed E-state index contributed by atoms with van der Waals surface area (Å²) in [6, 6.07) is 8.10. The highest BCUT2D eigenvalue weighted by Gasteiger charge is 2.37. The Labute approximate surface area is 162 Å². The molecule has 4 nitrogen and oxygen atoms in total. The number of thiophene rings is 1. The maximum absolute atomic E-state index is 13.8. The Morgan fingerprint density at radius 1 is 1.30 bits per heavy atom. The van der Waals surface area contributed by atoms with Crippen LogP contribution in [0.5, 0.6) is 5.75 Å². The van der Waals surface area contributed by atoms with Crippen molar-refractivity contribution in [1.82, 2.24) is 5.32 Å². The monoisotopic (exact) mass is 389 g/mol. The van der Waals surface area contributed by atoms with E-state index in [0.29, 0.717) is 13.0 Å². The summed E-state index contributed by atoms with van der Waals surface area (Å²) >= 11 is 1.71. The van der Waals surface area contributed by atoms with Crippen molar-refractivity contribution in [2.45, 2.75) is 50.9 Å². The number of hydrogen-bond donors (Lipinski definition) is 2. The zero-order valence-electron chi connectivity index (χ0n) is 15.3. The van der Waals surface area contributed by atoms with E-state index in [1.807, 2.05) is 13.0 Å². The topological polar surface area (TPSA) is 58.6 Å². The van der Waals surface area contributed by atoms with Crippen LogP contribution in [0.1, 0.15) is 39.4 Å². The summed E-state index contributed by atoms with van der Waals surface area (Å²) in [5.41, 5.74) is 0.878. The van der Waals surface area contributed by atoms with Gasteiger partial charge in [0.2, 0.25) is 0 Å². The van der Waals surface area contributed by atoms with E-state index in [-0.39, 0.29) is 23.5 Å². The van der Waals surface area contributed by atoms with E-state index in [4.69, 9.17) is 4.74 Å². The maximum atomic E-state index is 13.8. The van der Waals surface area contributed by atoms with Gasteiger partial charge >= 0.3 is 0 Å².